The number of nitrogens with one attached hydrogen (secondary N) is 2. The molecule has 0 radical (unpaired) electrons. The average molecular weight is 455 g/mol. The van der Waals surface area contributed by atoms with Crippen LogP contribution in [0, 0.1) is 17.0 Å². The number of nitrogens with zero attached hydrogens (tertiary/aromatic N) is 3. The molecule has 0 fully saturated rings. The molecule has 1 aromatic heterocycles. The van der Waals surface area contributed by atoms with E-state index in [1.807, 2.05) is 0 Å². The Morgan fingerprint density at radius 1 is 1.03 bits per heavy atom. The van der Waals surface area contributed by atoms with Crippen LogP contribution < -0.4 is 20.1 Å². The molecule has 172 valence electrons. The summed E-state index contributed by atoms with van der Waals surface area (Å²) in [5.74, 6) is -0.0520. The van der Waals surface area contributed by atoms with Crippen LogP contribution in [0.4, 0.5) is 5.69 Å². The lowest BCUT2D eigenvalue weighted by Crippen LogP contribution is -2.34. The number of hydrogen-bond acceptors (Lipinski definition) is 9. The Morgan fingerprint density at radius 2 is 1.73 bits per heavy atom. The molecule has 2 amide bonds. The third-order valence-electron chi connectivity index (χ3n) is 4.61. The molecule has 0 saturated heterocycles. The van der Waals surface area contributed by atoms with E-state index >= 15 is 0 Å². The second-order valence-electron chi connectivity index (χ2n) is 6.76. The molecule has 0 aliphatic carbocycles. The van der Waals surface area contributed by atoms with Crippen molar-refractivity contribution in [3.05, 3.63) is 63.5 Å². The number of ether oxygens (including phenoxy) is 2. The van der Waals surface area contributed by atoms with Crippen LogP contribution in [-0.2, 0) is 0 Å². The van der Waals surface area contributed by atoms with E-state index in [1.165, 1.54) is 32.4 Å². The van der Waals surface area contributed by atoms with Gasteiger partial charge in [0.15, 0.2) is 11.5 Å². The molecule has 0 bridgehead atoms. The van der Waals surface area contributed by atoms with E-state index in [0.717, 1.165) is 0 Å². The number of carbonyl (C=O) groups excluding carboxylic acids is 2. The first-order chi connectivity index (χ1) is 15.8. The zero-order valence-corrected chi connectivity index (χ0v) is 18.1. The molecular formula is C21H21N5O7. The van der Waals surface area contributed by atoms with Crippen LogP contribution in [0.5, 0.6) is 11.5 Å². The Bertz CT molecular complexity index is 1190. The number of amides is 2. The molecule has 1 heterocycles. The van der Waals surface area contributed by atoms with E-state index in [0.29, 0.717) is 22.6 Å². The van der Waals surface area contributed by atoms with Crippen LogP contribution in [0.3, 0.4) is 0 Å². The zero-order valence-electron chi connectivity index (χ0n) is 18.1. The normalized spacial score (nSPS) is 10.4. The van der Waals surface area contributed by atoms with Crippen molar-refractivity contribution in [3.63, 3.8) is 0 Å². The number of aromatic nitrogens is 2. The van der Waals surface area contributed by atoms with Gasteiger partial charge >= 0.3 is 11.8 Å². The van der Waals surface area contributed by atoms with Gasteiger partial charge in [-0.2, -0.15) is 4.98 Å². The fourth-order valence-electron chi connectivity index (χ4n) is 2.94. The number of nitro groups is 1. The molecule has 3 rings (SSSR count). The SMILES string of the molecule is COc1ccc(-c2noc(C(=O)NCCNC(=O)c3ccc([N+](=O)[O-])c(C)c3)n2)cc1OC. The van der Waals surface area contributed by atoms with Crippen LogP contribution in [0.25, 0.3) is 11.4 Å². The minimum absolute atomic E-state index is 0.0641. The van der Waals surface area contributed by atoms with Crippen molar-refractivity contribution in [1.29, 1.82) is 0 Å². The van der Waals surface area contributed by atoms with Crippen LogP contribution in [0.2, 0.25) is 0 Å². The summed E-state index contributed by atoms with van der Waals surface area (Å²) < 4.78 is 15.4. The molecule has 0 aliphatic heterocycles. The highest BCUT2D eigenvalue weighted by Crippen LogP contribution is 2.31. The molecule has 3 aromatic rings. The fraction of sp³-hybridized carbons (Fsp3) is 0.238. The van der Waals surface area contributed by atoms with Gasteiger partial charge in [-0.3, -0.25) is 19.7 Å². The third kappa shape index (κ3) is 5.42. The number of carbonyl (C=O) groups is 2. The van der Waals surface area contributed by atoms with E-state index < -0.39 is 16.7 Å². The Balaban J connectivity index is 1.53. The van der Waals surface area contributed by atoms with Crippen LogP contribution in [0.1, 0.15) is 26.6 Å². The highest BCUT2D eigenvalue weighted by Gasteiger charge is 2.18. The van der Waals surface area contributed by atoms with Gasteiger partial charge in [-0.1, -0.05) is 5.16 Å². The van der Waals surface area contributed by atoms with E-state index in [1.54, 1.807) is 25.1 Å². The van der Waals surface area contributed by atoms with Gasteiger partial charge in [0.1, 0.15) is 0 Å². The first kappa shape index (κ1) is 23.2. The number of benzene rings is 2. The summed E-state index contributed by atoms with van der Waals surface area (Å²) >= 11 is 0. The van der Waals surface area contributed by atoms with Crippen molar-refractivity contribution < 1.29 is 28.5 Å². The lowest BCUT2D eigenvalue weighted by Gasteiger charge is -2.07. The van der Waals surface area contributed by atoms with Gasteiger partial charge in [0, 0.05) is 35.8 Å². The van der Waals surface area contributed by atoms with Crippen molar-refractivity contribution in [2.75, 3.05) is 27.3 Å². The molecule has 33 heavy (non-hydrogen) atoms. The van der Waals surface area contributed by atoms with Gasteiger partial charge in [-0.15, -0.1) is 0 Å². The molecule has 0 spiro atoms. The number of rotatable bonds is 9. The van der Waals surface area contributed by atoms with E-state index in [-0.39, 0.29) is 36.1 Å². The monoisotopic (exact) mass is 455 g/mol. The molecule has 0 atom stereocenters. The van der Waals surface area contributed by atoms with Crippen LogP contribution >= 0.6 is 0 Å². The number of methoxy groups -OCH3 is 2. The predicted octanol–water partition coefficient (Wildman–Crippen LogP) is 2.13. The average Bonchev–Trinajstić information content (AvgIpc) is 3.31. The second kappa shape index (κ2) is 10.2. The smallest absolute Gasteiger partial charge is 0.316 e. The number of hydrogen-bond donors (Lipinski definition) is 2. The van der Waals surface area contributed by atoms with Crippen molar-refractivity contribution in [2.24, 2.45) is 0 Å². The molecule has 12 nitrogen and oxygen atoms in total. The van der Waals surface area contributed by atoms with Crippen molar-refractivity contribution in [3.8, 4) is 22.9 Å². The summed E-state index contributed by atoms with van der Waals surface area (Å²) in [5.41, 5.74) is 1.16. The second-order valence-corrected chi connectivity index (χ2v) is 6.76. The Labute approximate surface area is 188 Å². The summed E-state index contributed by atoms with van der Waals surface area (Å²) in [7, 11) is 3.02. The number of nitro benzene ring substituents is 1. The van der Waals surface area contributed by atoms with Gasteiger partial charge in [0.2, 0.25) is 5.82 Å². The Hall–Kier alpha value is -4.48. The third-order valence-corrected chi connectivity index (χ3v) is 4.61. The van der Waals surface area contributed by atoms with Crippen LogP contribution in [0.15, 0.2) is 40.9 Å². The van der Waals surface area contributed by atoms with Gasteiger partial charge in [-0.25, -0.2) is 0 Å². The Kier molecular flexibility index (Phi) is 7.18. The van der Waals surface area contributed by atoms with Gasteiger partial charge < -0.3 is 24.6 Å². The topological polar surface area (TPSA) is 159 Å². The molecule has 12 heteroatoms. The van der Waals surface area contributed by atoms with Gasteiger partial charge in [0.05, 0.1) is 19.1 Å². The quantitative estimate of drug-likeness (QED) is 0.280. The largest absolute Gasteiger partial charge is 0.493 e. The summed E-state index contributed by atoms with van der Waals surface area (Å²) in [6.45, 7) is 1.78. The van der Waals surface area contributed by atoms with Crippen LogP contribution in [-0.4, -0.2) is 54.2 Å². The fourth-order valence-corrected chi connectivity index (χ4v) is 2.94. The van der Waals surface area contributed by atoms with Crippen molar-refractivity contribution in [1.82, 2.24) is 20.8 Å². The van der Waals surface area contributed by atoms with Crippen molar-refractivity contribution in [2.45, 2.75) is 6.92 Å². The van der Waals surface area contributed by atoms with Gasteiger partial charge in [0.25, 0.3) is 11.6 Å². The Morgan fingerprint density at radius 3 is 2.36 bits per heavy atom. The number of aryl methyl sites for hydroxylation is 1. The summed E-state index contributed by atoms with van der Waals surface area (Å²) in [5, 5.41) is 19.9. The first-order valence-corrected chi connectivity index (χ1v) is 9.71. The maximum atomic E-state index is 12.2. The standard InChI is InChI=1S/C21H21N5O7/c1-12-10-14(4-6-15(12)26(29)30)19(27)22-8-9-23-20(28)21-24-18(25-33-21)13-5-7-16(31-2)17(11-13)32-3/h4-7,10-11H,8-9H2,1-3H3,(H,22,27)(H,23,28). The molecule has 0 unspecified atom stereocenters. The van der Waals surface area contributed by atoms with E-state index in [2.05, 4.69) is 20.8 Å². The summed E-state index contributed by atoms with van der Waals surface area (Å²) in [4.78, 5) is 38.9. The molecule has 0 saturated carbocycles. The molecule has 2 aromatic carbocycles. The first-order valence-electron chi connectivity index (χ1n) is 9.71. The zero-order chi connectivity index (χ0) is 24.0. The predicted molar refractivity (Wildman–Crippen MR) is 115 cm³/mol. The minimum atomic E-state index is -0.602. The molecule has 0 aliphatic rings. The lowest BCUT2D eigenvalue weighted by atomic mass is 10.1. The van der Waals surface area contributed by atoms with Gasteiger partial charge in [-0.05, 0) is 37.3 Å². The maximum absolute atomic E-state index is 12.2. The lowest BCUT2D eigenvalue weighted by molar-refractivity contribution is -0.385. The molecule has 2 N–H and O–H groups in total. The minimum Gasteiger partial charge on any atom is -0.493 e. The highest BCUT2D eigenvalue weighted by atomic mass is 16.6. The molecular weight excluding hydrogens is 434 g/mol. The maximum Gasteiger partial charge on any atom is 0.316 e. The van der Waals surface area contributed by atoms with E-state index in [9.17, 15) is 19.7 Å². The van der Waals surface area contributed by atoms with E-state index in [4.69, 9.17) is 14.0 Å². The summed E-state index contributed by atoms with van der Waals surface area (Å²) in [6.07, 6.45) is 0. The summed E-state index contributed by atoms with van der Waals surface area (Å²) in [6, 6.07) is 9.11. The highest BCUT2D eigenvalue weighted by molar-refractivity contribution is 5.94. The van der Waals surface area contributed by atoms with Crippen molar-refractivity contribution >= 4 is 17.5 Å².